The van der Waals surface area contributed by atoms with E-state index in [2.05, 4.69) is 34.9 Å². The first-order valence-corrected chi connectivity index (χ1v) is 7.66. The summed E-state index contributed by atoms with van der Waals surface area (Å²) in [6, 6.07) is 5.57. The van der Waals surface area contributed by atoms with Gasteiger partial charge in [-0.05, 0) is 24.5 Å². The lowest BCUT2D eigenvalue weighted by atomic mass is 10.1. The number of hydrogen-bond donors (Lipinski definition) is 0. The first kappa shape index (κ1) is 15.3. The van der Waals surface area contributed by atoms with Crippen molar-refractivity contribution in [3.8, 4) is 11.3 Å². The van der Waals surface area contributed by atoms with Crippen LogP contribution in [0.3, 0.4) is 0 Å². The molecule has 106 valence electrons. The fourth-order valence-electron chi connectivity index (χ4n) is 1.92. The van der Waals surface area contributed by atoms with E-state index in [1.807, 2.05) is 16.8 Å². The summed E-state index contributed by atoms with van der Waals surface area (Å²) in [6.07, 6.45) is 3.63. The van der Waals surface area contributed by atoms with Gasteiger partial charge in [0, 0.05) is 22.8 Å². The number of nitrogens with zero attached hydrogens (tertiary/aromatic N) is 2. The van der Waals surface area contributed by atoms with Crippen molar-refractivity contribution in [3.63, 3.8) is 0 Å². The van der Waals surface area contributed by atoms with Crippen LogP contribution in [0.15, 0.2) is 28.9 Å². The minimum absolute atomic E-state index is 0.568. The normalized spacial score (nSPS) is 11.1. The Kier molecular flexibility index (Phi) is 5.00. The van der Waals surface area contributed by atoms with E-state index in [0.717, 1.165) is 29.3 Å². The highest BCUT2D eigenvalue weighted by Crippen LogP contribution is 2.31. The van der Waals surface area contributed by atoms with Gasteiger partial charge in [-0.3, -0.25) is 9.48 Å². The molecule has 2 rings (SSSR count). The van der Waals surface area contributed by atoms with Crippen molar-refractivity contribution in [2.75, 3.05) is 0 Å². The number of rotatable bonds is 5. The van der Waals surface area contributed by atoms with Gasteiger partial charge in [0.1, 0.15) is 5.69 Å². The minimum atomic E-state index is 0.568. The molecule has 3 nitrogen and oxygen atoms in total. The summed E-state index contributed by atoms with van der Waals surface area (Å²) in [5.74, 6) is 0.596. The molecule has 1 heterocycles. The summed E-state index contributed by atoms with van der Waals surface area (Å²) < 4.78 is 2.72. The van der Waals surface area contributed by atoms with Gasteiger partial charge in [-0.2, -0.15) is 5.10 Å². The smallest absolute Gasteiger partial charge is 0.153 e. The van der Waals surface area contributed by atoms with Crippen molar-refractivity contribution in [2.24, 2.45) is 5.92 Å². The lowest BCUT2D eigenvalue weighted by Gasteiger charge is -2.05. The Balaban J connectivity index is 2.37. The third kappa shape index (κ3) is 3.49. The molecule has 0 aliphatic heterocycles. The molecule has 0 bridgehead atoms. The highest BCUT2D eigenvalue weighted by molar-refractivity contribution is 9.10. The second-order valence-corrected chi connectivity index (χ2v) is 6.44. The van der Waals surface area contributed by atoms with Crippen LogP contribution >= 0.6 is 27.5 Å². The van der Waals surface area contributed by atoms with Crippen LogP contribution in [-0.2, 0) is 6.54 Å². The van der Waals surface area contributed by atoms with E-state index in [4.69, 9.17) is 11.6 Å². The fraction of sp³-hybridized carbons (Fsp3) is 0.333. The largest absolute Gasteiger partial charge is 0.298 e. The van der Waals surface area contributed by atoms with Gasteiger partial charge in [-0.1, -0.05) is 47.4 Å². The van der Waals surface area contributed by atoms with Crippen LogP contribution in [0.2, 0.25) is 5.02 Å². The molecule has 0 saturated heterocycles. The van der Waals surface area contributed by atoms with Crippen LogP contribution in [-0.4, -0.2) is 16.1 Å². The summed E-state index contributed by atoms with van der Waals surface area (Å²) in [7, 11) is 0. The molecule has 0 fully saturated rings. The van der Waals surface area contributed by atoms with Crippen LogP contribution in [0.1, 0.15) is 30.6 Å². The standard InChI is InChI=1S/C15H16BrClN2O/c1-10(2)5-6-19-8-11(9-20)15(18-19)13-4-3-12(16)7-14(13)17/h3-4,7-10H,5-6H2,1-2H3. The number of aldehydes is 1. The Labute approximate surface area is 132 Å². The van der Waals surface area contributed by atoms with Gasteiger partial charge in [-0.15, -0.1) is 0 Å². The van der Waals surface area contributed by atoms with Gasteiger partial charge < -0.3 is 0 Å². The van der Waals surface area contributed by atoms with E-state index in [1.165, 1.54) is 0 Å². The van der Waals surface area contributed by atoms with Crippen LogP contribution in [0.25, 0.3) is 11.3 Å². The monoisotopic (exact) mass is 354 g/mol. The Bertz CT molecular complexity index is 622. The van der Waals surface area contributed by atoms with Crippen molar-refractivity contribution in [1.29, 1.82) is 0 Å². The average Bonchev–Trinajstić information content (AvgIpc) is 2.79. The molecular weight excluding hydrogens is 340 g/mol. The Hall–Kier alpha value is -1.13. The van der Waals surface area contributed by atoms with Crippen molar-refractivity contribution in [3.05, 3.63) is 39.5 Å². The van der Waals surface area contributed by atoms with E-state index in [9.17, 15) is 4.79 Å². The van der Waals surface area contributed by atoms with E-state index in [0.29, 0.717) is 22.2 Å². The van der Waals surface area contributed by atoms with Gasteiger partial charge in [0.05, 0.1) is 10.6 Å². The Morgan fingerprint density at radius 1 is 1.45 bits per heavy atom. The number of carbonyl (C=O) groups excluding carboxylic acids is 1. The zero-order chi connectivity index (χ0) is 14.7. The molecule has 0 aliphatic rings. The van der Waals surface area contributed by atoms with E-state index < -0.39 is 0 Å². The van der Waals surface area contributed by atoms with Crippen LogP contribution in [0.4, 0.5) is 0 Å². The van der Waals surface area contributed by atoms with Crippen LogP contribution in [0.5, 0.6) is 0 Å². The van der Waals surface area contributed by atoms with E-state index >= 15 is 0 Å². The van der Waals surface area contributed by atoms with Crippen molar-refractivity contribution in [1.82, 2.24) is 9.78 Å². The second kappa shape index (κ2) is 6.55. The predicted octanol–water partition coefficient (Wildman–Crippen LogP) is 4.82. The molecule has 0 spiro atoms. The topological polar surface area (TPSA) is 34.9 Å². The van der Waals surface area contributed by atoms with Gasteiger partial charge in [0.25, 0.3) is 0 Å². The number of carbonyl (C=O) groups is 1. The average molecular weight is 356 g/mol. The molecule has 0 unspecified atom stereocenters. The molecule has 1 aromatic heterocycles. The van der Waals surface area contributed by atoms with Crippen LogP contribution < -0.4 is 0 Å². The molecule has 0 saturated carbocycles. The predicted molar refractivity (Wildman–Crippen MR) is 85.2 cm³/mol. The number of hydrogen-bond acceptors (Lipinski definition) is 2. The quantitative estimate of drug-likeness (QED) is 0.720. The van der Waals surface area contributed by atoms with Gasteiger partial charge >= 0.3 is 0 Å². The second-order valence-electron chi connectivity index (χ2n) is 5.12. The Morgan fingerprint density at radius 2 is 2.20 bits per heavy atom. The molecule has 1 aromatic carbocycles. The maximum Gasteiger partial charge on any atom is 0.153 e. The molecule has 0 amide bonds. The third-order valence-electron chi connectivity index (χ3n) is 3.04. The fourth-order valence-corrected chi connectivity index (χ4v) is 2.68. The summed E-state index contributed by atoms with van der Waals surface area (Å²) in [5.41, 5.74) is 1.99. The van der Waals surface area contributed by atoms with Gasteiger partial charge in [0.15, 0.2) is 6.29 Å². The minimum Gasteiger partial charge on any atom is -0.298 e. The molecule has 0 N–H and O–H groups in total. The molecule has 0 radical (unpaired) electrons. The third-order valence-corrected chi connectivity index (χ3v) is 3.84. The molecule has 0 aliphatic carbocycles. The van der Waals surface area contributed by atoms with E-state index in [-0.39, 0.29) is 0 Å². The summed E-state index contributed by atoms with van der Waals surface area (Å²) in [6.45, 7) is 5.12. The number of halogens is 2. The summed E-state index contributed by atoms with van der Waals surface area (Å²) in [5, 5.41) is 5.08. The summed E-state index contributed by atoms with van der Waals surface area (Å²) >= 11 is 9.61. The van der Waals surface area contributed by atoms with E-state index in [1.54, 1.807) is 12.3 Å². The van der Waals surface area contributed by atoms with Crippen molar-refractivity contribution < 1.29 is 4.79 Å². The van der Waals surface area contributed by atoms with Gasteiger partial charge in [0.2, 0.25) is 0 Å². The Morgan fingerprint density at radius 3 is 2.80 bits per heavy atom. The molecule has 0 atom stereocenters. The molecule has 20 heavy (non-hydrogen) atoms. The lowest BCUT2D eigenvalue weighted by Crippen LogP contribution is -2.02. The zero-order valence-corrected chi connectivity index (χ0v) is 13.8. The van der Waals surface area contributed by atoms with Crippen molar-refractivity contribution >= 4 is 33.8 Å². The molecule has 2 aromatic rings. The van der Waals surface area contributed by atoms with Crippen molar-refractivity contribution in [2.45, 2.75) is 26.8 Å². The summed E-state index contributed by atoms with van der Waals surface area (Å²) in [4.78, 5) is 11.2. The SMILES string of the molecule is CC(C)CCn1cc(C=O)c(-c2ccc(Br)cc2Cl)n1. The number of aromatic nitrogens is 2. The zero-order valence-electron chi connectivity index (χ0n) is 11.4. The highest BCUT2D eigenvalue weighted by Gasteiger charge is 2.14. The molecular formula is C15H16BrClN2O. The first-order chi connectivity index (χ1) is 9.51. The lowest BCUT2D eigenvalue weighted by molar-refractivity contribution is 0.112. The highest BCUT2D eigenvalue weighted by atomic mass is 79.9. The first-order valence-electron chi connectivity index (χ1n) is 6.49. The maximum absolute atomic E-state index is 11.2. The number of benzene rings is 1. The molecule has 5 heteroatoms. The maximum atomic E-state index is 11.2. The van der Waals surface area contributed by atoms with Gasteiger partial charge in [-0.25, -0.2) is 0 Å². The van der Waals surface area contributed by atoms with Crippen LogP contribution in [0, 0.1) is 5.92 Å². The number of aryl methyl sites for hydroxylation is 1.